The average molecular weight is 360 g/mol. The predicted octanol–water partition coefficient (Wildman–Crippen LogP) is 3.91. The number of hydrogen-bond donors (Lipinski definition) is 1. The number of amides is 1. The van der Waals surface area contributed by atoms with Crippen molar-refractivity contribution in [2.24, 2.45) is 0 Å². The highest BCUT2D eigenvalue weighted by molar-refractivity contribution is 5.70. The van der Waals surface area contributed by atoms with Gasteiger partial charge in [-0.2, -0.15) is 4.98 Å². The highest BCUT2D eigenvalue weighted by Crippen LogP contribution is 2.23. The molecule has 0 aliphatic carbocycles. The summed E-state index contributed by atoms with van der Waals surface area (Å²) in [4.78, 5) is 25.9. The van der Waals surface area contributed by atoms with Gasteiger partial charge in [-0.15, -0.1) is 0 Å². The van der Waals surface area contributed by atoms with Crippen molar-refractivity contribution in [3.63, 3.8) is 0 Å². The molecular formula is C19H28N4O3. The van der Waals surface area contributed by atoms with Crippen molar-refractivity contribution >= 4 is 17.3 Å². The number of fused-ring (bicyclic) bond motifs is 1. The van der Waals surface area contributed by atoms with E-state index in [4.69, 9.17) is 9.47 Å². The Hall–Kier alpha value is -2.31. The molecule has 0 saturated carbocycles. The first kappa shape index (κ1) is 18.5. The molecule has 142 valence electrons. The summed E-state index contributed by atoms with van der Waals surface area (Å²) in [6.07, 6.45) is 6.48. The molecule has 1 atom stereocenters. The quantitative estimate of drug-likeness (QED) is 0.818. The van der Waals surface area contributed by atoms with E-state index in [-0.39, 0.29) is 12.1 Å². The SMILES string of the molecule is CC(C)(C)OC(=O)N1CCCC[C@@H]1CCCOc1nc2ncccc2[nH]1. The number of aromatic nitrogens is 3. The number of nitrogens with one attached hydrogen (secondary N) is 1. The third-order valence-corrected chi connectivity index (χ3v) is 4.41. The minimum absolute atomic E-state index is 0.202. The number of rotatable bonds is 5. The van der Waals surface area contributed by atoms with Crippen molar-refractivity contribution in [2.75, 3.05) is 13.2 Å². The fraction of sp³-hybridized carbons (Fsp3) is 0.632. The number of hydrogen-bond acceptors (Lipinski definition) is 5. The number of imidazole rings is 1. The zero-order valence-electron chi connectivity index (χ0n) is 15.8. The molecule has 3 rings (SSSR count). The molecule has 2 aromatic rings. The lowest BCUT2D eigenvalue weighted by atomic mass is 9.98. The van der Waals surface area contributed by atoms with E-state index >= 15 is 0 Å². The maximum Gasteiger partial charge on any atom is 0.410 e. The van der Waals surface area contributed by atoms with Crippen molar-refractivity contribution < 1.29 is 14.3 Å². The lowest BCUT2D eigenvalue weighted by Crippen LogP contribution is -2.46. The fourth-order valence-corrected chi connectivity index (χ4v) is 3.24. The van der Waals surface area contributed by atoms with Gasteiger partial charge in [-0.05, 0) is 65.0 Å². The Morgan fingerprint density at radius 2 is 2.23 bits per heavy atom. The zero-order valence-corrected chi connectivity index (χ0v) is 15.8. The molecule has 26 heavy (non-hydrogen) atoms. The van der Waals surface area contributed by atoms with Gasteiger partial charge in [0, 0.05) is 18.8 Å². The van der Waals surface area contributed by atoms with Crippen LogP contribution in [0, 0.1) is 0 Å². The Balaban J connectivity index is 1.48. The minimum Gasteiger partial charge on any atom is -0.465 e. The summed E-state index contributed by atoms with van der Waals surface area (Å²) in [7, 11) is 0. The smallest absolute Gasteiger partial charge is 0.410 e. The molecular weight excluding hydrogens is 332 g/mol. The van der Waals surface area contributed by atoms with Gasteiger partial charge in [0.15, 0.2) is 5.65 Å². The molecule has 1 aliphatic heterocycles. The van der Waals surface area contributed by atoms with Crippen LogP contribution >= 0.6 is 0 Å². The van der Waals surface area contributed by atoms with Crippen LogP contribution in [0.15, 0.2) is 18.3 Å². The van der Waals surface area contributed by atoms with Crippen LogP contribution in [0.4, 0.5) is 4.79 Å². The summed E-state index contributed by atoms with van der Waals surface area (Å²) in [5, 5.41) is 0. The average Bonchev–Trinajstić information content (AvgIpc) is 3.00. The van der Waals surface area contributed by atoms with Crippen molar-refractivity contribution in [3.8, 4) is 6.01 Å². The van der Waals surface area contributed by atoms with Crippen molar-refractivity contribution in [3.05, 3.63) is 18.3 Å². The fourth-order valence-electron chi connectivity index (χ4n) is 3.24. The molecule has 3 heterocycles. The molecule has 1 N–H and O–H groups in total. The summed E-state index contributed by atoms with van der Waals surface area (Å²) >= 11 is 0. The first-order chi connectivity index (χ1) is 12.4. The molecule has 0 unspecified atom stereocenters. The van der Waals surface area contributed by atoms with Crippen molar-refractivity contribution in [1.29, 1.82) is 0 Å². The van der Waals surface area contributed by atoms with Gasteiger partial charge in [0.25, 0.3) is 6.01 Å². The van der Waals surface area contributed by atoms with Gasteiger partial charge in [0.2, 0.25) is 0 Å². The maximum absolute atomic E-state index is 12.4. The van der Waals surface area contributed by atoms with Crippen LogP contribution in [0.5, 0.6) is 6.01 Å². The van der Waals surface area contributed by atoms with Crippen LogP contribution in [0.1, 0.15) is 52.9 Å². The number of carbonyl (C=O) groups excluding carboxylic acids is 1. The number of pyridine rings is 1. The maximum atomic E-state index is 12.4. The second-order valence-electron chi connectivity index (χ2n) is 7.73. The molecule has 7 nitrogen and oxygen atoms in total. The third-order valence-electron chi connectivity index (χ3n) is 4.41. The number of carbonyl (C=O) groups is 1. The minimum atomic E-state index is -0.461. The Kier molecular flexibility index (Phi) is 5.64. The predicted molar refractivity (Wildman–Crippen MR) is 99.2 cm³/mol. The first-order valence-electron chi connectivity index (χ1n) is 9.35. The van der Waals surface area contributed by atoms with Gasteiger partial charge in [0.05, 0.1) is 12.1 Å². The highest BCUT2D eigenvalue weighted by Gasteiger charge is 2.30. The van der Waals surface area contributed by atoms with Gasteiger partial charge < -0.3 is 19.4 Å². The second kappa shape index (κ2) is 7.93. The number of likely N-dealkylation sites (tertiary alicyclic amines) is 1. The normalized spacial score (nSPS) is 18.1. The van der Waals surface area contributed by atoms with E-state index in [1.807, 2.05) is 37.8 Å². The van der Waals surface area contributed by atoms with Crippen LogP contribution in [0.25, 0.3) is 11.2 Å². The van der Waals surface area contributed by atoms with Gasteiger partial charge in [-0.3, -0.25) is 0 Å². The van der Waals surface area contributed by atoms with Crippen LogP contribution in [-0.4, -0.2) is 50.7 Å². The van der Waals surface area contributed by atoms with E-state index in [0.717, 1.165) is 44.2 Å². The Morgan fingerprint density at radius 1 is 1.38 bits per heavy atom. The van der Waals surface area contributed by atoms with Crippen LogP contribution in [0.3, 0.4) is 0 Å². The Bertz CT molecular complexity index is 705. The number of piperidine rings is 1. The summed E-state index contributed by atoms with van der Waals surface area (Å²) in [6, 6.07) is 4.49. The van der Waals surface area contributed by atoms with E-state index < -0.39 is 5.60 Å². The summed E-state index contributed by atoms with van der Waals surface area (Å²) in [5.74, 6) is 0. The molecule has 0 radical (unpaired) electrons. The van der Waals surface area contributed by atoms with Gasteiger partial charge in [-0.1, -0.05) is 0 Å². The molecule has 1 fully saturated rings. The molecule has 0 aromatic carbocycles. The molecule has 2 aromatic heterocycles. The van der Waals surface area contributed by atoms with E-state index in [9.17, 15) is 4.79 Å². The van der Waals surface area contributed by atoms with Gasteiger partial charge in [-0.25, -0.2) is 9.78 Å². The molecule has 1 amide bonds. The first-order valence-corrected chi connectivity index (χ1v) is 9.35. The Labute approximate surface area is 154 Å². The van der Waals surface area contributed by atoms with Crippen LogP contribution in [-0.2, 0) is 4.74 Å². The summed E-state index contributed by atoms with van der Waals surface area (Å²) < 4.78 is 11.3. The standard InChI is InChI=1S/C19H28N4O3/c1-19(2,3)26-18(24)23-12-5-4-8-14(23)9-7-13-25-17-21-15-10-6-11-20-16(15)22-17/h6,10-11,14H,4-5,7-9,12-13H2,1-3H3,(H,20,21,22)/t14-/m1/s1. The highest BCUT2D eigenvalue weighted by atomic mass is 16.6. The summed E-state index contributed by atoms with van der Waals surface area (Å²) in [5.41, 5.74) is 1.06. The van der Waals surface area contributed by atoms with Crippen molar-refractivity contribution in [2.45, 2.75) is 64.5 Å². The molecule has 7 heteroatoms. The van der Waals surface area contributed by atoms with Gasteiger partial charge >= 0.3 is 6.09 Å². The third kappa shape index (κ3) is 4.86. The monoisotopic (exact) mass is 360 g/mol. The lowest BCUT2D eigenvalue weighted by molar-refractivity contribution is 0.00820. The molecule has 1 saturated heterocycles. The van der Waals surface area contributed by atoms with E-state index in [2.05, 4.69) is 15.0 Å². The molecule has 1 aliphatic rings. The topological polar surface area (TPSA) is 80.3 Å². The van der Waals surface area contributed by atoms with E-state index in [1.165, 1.54) is 0 Å². The van der Waals surface area contributed by atoms with Gasteiger partial charge in [0.1, 0.15) is 5.60 Å². The summed E-state index contributed by atoms with van der Waals surface area (Å²) in [6.45, 7) is 7.04. The zero-order chi connectivity index (χ0) is 18.6. The number of nitrogens with zero attached hydrogens (tertiary/aromatic N) is 3. The lowest BCUT2D eigenvalue weighted by Gasteiger charge is -2.36. The number of H-pyrrole nitrogens is 1. The second-order valence-corrected chi connectivity index (χ2v) is 7.73. The van der Waals surface area contributed by atoms with E-state index in [0.29, 0.717) is 18.3 Å². The van der Waals surface area contributed by atoms with Crippen molar-refractivity contribution in [1.82, 2.24) is 19.9 Å². The molecule has 0 spiro atoms. The number of ether oxygens (including phenoxy) is 2. The van der Waals surface area contributed by atoms with Crippen LogP contribution in [0.2, 0.25) is 0 Å². The van der Waals surface area contributed by atoms with Crippen LogP contribution < -0.4 is 4.74 Å². The largest absolute Gasteiger partial charge is 0.465 e. The van der Waals surface area contributed by atoms with E-state index in [1.54, 1.807) is 6.20 Å². The Morgan fingerprint density at radius 3 is 3.00 bits per heavy atom. The molecule has 0 bridgehead atoms. The number of aromatic amines is 1.